The Morgan fingerprint density at radius 1 is 1.11 bits per heavy atom. The monoisotopic (exact) mass is 391 g/mol. The van der Waals surface area contributed by atoms with Gasteiger partial charge in [0.2, 0.25) is 0 Å². The molecule has 1 fully saturated rings. The van der Waals surface area contributed by atoms with E-state index in [1.54, 1.807) is 6.92 Å². The van der Waals surface area contributed by atoms with E-state index in [1.165, 1.54) is 45.6 Å². The molecule has 1 aliphatic rings. The maximum atomic E-state index is 10.8. The van der Waals surface area contributed by atoms with Crippen molar-refractivity contribution in [3.05, 3.63) is 29.3 Å². The molecule has 0 aliphatic heterocycles. The summed E-state index contributed by atoms with van der Waals surface area (Å²) in [5, 5.41) is 0. The molecule has 1 aromatic rings. The average molecular weight is 392 g/mol. The second-order valence-electron chi connectivity index (χ2n) is 7.73. The van der Waals surface area contributed by atoms with E-state index < -0.39 is 0 Å². The van der Waals surface area contributed by atoms with Crippen molar-refractivity contribution < 1.29 is 14.3 Å². The van der Waals surface area contributed by atoms with Crippen LogP contribution in [-0.2, 0) is 20.7 Å². The molecule has 0 heterocycles. The van der Waals surface area contributed by atoms with Gasteiger partial charge in [-0.25, -0.2) is 0 Å². The van der Waals surface area contributed by atoms with Gasteiger partial charge in [-0.2, -0.15) is 0 Å². The second kappa shape index (κ2) is 16.1. The summed E-state index contributed by atoms with van der Waals surface area (Å²) in [5.74, 6) is 0.943. The maximum Gasteiger partial charge on any atom is 0.305 e. The summed E-state index contributed by atoms with van der Waals surface area (Å²) in [6, 6.07) is 5.95. The fourth-order valence-electron chi connectivity index (χ4n) is 3.15. The smallest absolute Gasteiger partial charge is 0.305 e. The number of hydrogen-bond acceptors (Lipinski definition) is 4. The van der Waals surface area contributed by atoms with Crippen LogP contribution in [0.25, 0.3) is 0 Å². The van der Waals surface area contributed by atoms with Crippen LogP contribution in [0.1, 0.15) is 89.7 Å². The number of aryl methyl sites for hydroxylation is 2. The first kappa shape index (κ1) is 26.2. The highest BCUT2D eigenvalue weighted by Crippen LogP contribution is 2.27. The summed E-state index contributed by atoms with van der Waals surface area (Å²) >= 11 is 0. The van der Waals surface area contributed by atoms with Crippen molar-refractivity contribution in [3.63, 3.8) is 0 Å². The Labute approximate surface area is 172 Å². The first-order valence-electron chi connectivity index (χ1n) is 10.7. The van der Waals surface area contributed by atoms with Crippen LogP contribution in [-0.4, -0.2) is 18.9 Å². The fourth-order valence-corrected chi connectivity index (χ4v) is 3.15. The Hall–Kier alpha value is -1.84. The summed E-state index contributed by atoms with van der Waals surface area (Å²) in [6.07, 6.45) is 10.9. The van der Waals surface area contributed by atoms with Crippen LogP contribution < -0.4 is 5.73 Å². The summed E-state index contributed by atoms with van der Waals surface area (Å²) in [6.45, 7) is 7.86. The quantitative estimate of drug-likeness (QED) is 0.474. The van der Waals surface area contributed by atoms with Crippen molar-refractivity contribution >= 4 is 17.4 Å². The number of nitrogens with two attached hydrogens (primary N) is 1. The fraction of sp³-hybridized carbons (Fsp3) is 0.667. The molecule has 0 radical (unpaired) electrons. The van der Waals surface area contributed by atoms with Gasteiger partial charge in [0.05, 0.1) is 7.11 Å². The van der Waals surface area contributed by atoms with E-state index in [9.17, 15) is 9.59 Å². The van der Waals surface area contributed by atoms with E-state index >= 15 is 0 Å². The standard InChI is InChI=1S/C11H15NO.C10H18O2.C3H8/c1-8-3-5-10(11(12)7-8)6-4-9(2)13;1-12-10(11)8-7-9-5-3-2-4-6-9;1-3-2/h3,5,7H,4,6,12H2,1-2H3;9H,2-8H2,1H3;3H2,1-2H3. The van der Waals surface area contributed by atoms with Gasteiger partial charge >= 0.3 is 5.97 Å². The number of benzene rings is 1. The normalized spacial score (nSPS) is 13.5. The van der Waals surface area contributed by atoms with Gasteiger partial charge in [0.25, 0.3) is 0 Å². The van der Waals surface area contributed by atoms with Crippen LogP contribution in [0, 0.1) is 12.8 Å². The van der Waals surface area contributed by atoms with Crippen molar-refractivity contribution in [2.75, 3.05) is 12.8 Å². The van der Waals surface area contributed by atoms with Crippen molar-refractivity contribution in [1.29, 1.82) is 0 Å². The molecular weight excluding hydrogens is 350 g/mol. The number of carbonyl (C=O) groups excluding carboxylic acids is 2. The number of Topliss-reactive ketones (excluding diaryl/α,β-unsaturated/α-hetero) is 1. The minimum Gasteiger partial charge on any atom is -0.469 e. The molecule has 0 saturated heterocycles. The first-order chi connectivity index (χ1) is 13.3. The molecule has 2 N–H and O–H groups in total. The molecule has 0 unspecified atom stereocenters. The van der Waals surface area contributed by atoms with Crippen LogP contribution in [0.4, 0.5) is 5.69 Å². The number of ketones is 1. The Balaban J connectivity index is 0.000000458. The molecule has 28 heavy (non-hydrogen) atoms. The minimum atomic E-state index is -0.0550. The van der Waals surface area contributed by atoms with E-state index in [0.29, 0.717) is 12.8 Å². The molecule has 2 rings (SSSR count). The molecule has 4 heteroatoms. The predicted octanol–water partition coefficient (Wildman–Crippen LogP) is 6.04. The lowest BCUT2D eigenvalue weighted by Gasteiger charge is -2.20. The number of ether oxygens (including phenoxy) is 1. The van der Waals surface area contributed by atoms with Crippen LogP contribution in [0.3, 0.4) is 0 Å². The second-order valence-corrected chi connectivity index (χ2v) is 7.73. The van der Waals surface area contributed by atoms with E-state index in [0.717, 1.165) is 35.6 Å². The van der Waals surface area contributed by atoms with E-state index in [4.69, 9.17) is 5.73 Å². The zero-order valence-electron chi connectivity index (χ0n) is 18.7. The number of carbonyl (C=O) groups is 2. The molecule has 1 aliphatic carbocycles. The third-order valence-electron chi connectivity index (χ3n) is 4.76. The van der Waals surface area contributed by atoms with Gasteiger partial charge in [0.15, 0.2) is 0 Å². The summed E-state index contributed by atoms with van der Waals surface area (Å²) in [4.78, 5) is 21.6. The van der Waals surface area contributed by atoms with Gasteiger partial charge in [-0.15, -0.1) is 0 Å². The number of esters is 1. The van der Waals surface area contributed by atoms with Crippen molar-refractivity contribution in [2.45, 2.75) is 91.9 Å². The lowest BCUT2D eigenvalue weighted by molar-refractivity contribution is -0.141. The Morgan fingerprint density at radius 2 is 1.71 bits per heavy atom. The summed E-state index contributed by atoms with van der Waals surface area (Å²) < 4.78 is 4.60. The predicted molar refractivity (Wildman–Crippen MR) is 118 cm³/mol. The highest BCUT2D eigenvalue weighted by Gasteiger charge is 2.14. The van der Waals surface area contributed by atoms with Gasteiger partial charge in [-0.05, 0) is 49.8 Å². The largest absolute Gasteiger partial charge is 0.469 e. The van der Waals surface area contributed by atoms with E-state index in [-0.39, 0.29) is 11.8 Å². The van der Waals surface area contributed by atoms with Gasteiger partial charge in [0.1, 0.15) is 5.78 Å². The third kappa shape index (κ3) is 13.3. The van der Waals surface area contributed by atoms with Crippen LogP contribution in [0.5, 0.6) is 0 Å². The average Bonchev–Trinajstić information content (AvgIpc) is 2.67. The molecule has 0 aromatic heterocycles. The molecule has 0 spiro atoms. The van der Waals surface area contributed by atoms with Crippen molar-refractivity contribution in [2.24, 2.45) is 5.92 Å². The van der Waals surface area contributed by atoms with Crippen molar-refractivity contribution in [1.82, 2.24) is 0 Å². The number of methoxy groups -OCH3 is 1. The molecule has 1 saturated carbocycles. The van der Waals surface area contributed by atoms with Crippen LogP contribution >= 0.6 is 0 Å². The Bertz CT molecular complexity index is 563. The molecule has 4 nitrogen and oxygen atoms in total. The topological polar surface area (TPSA) is 69.4 Å². The lowest BCUT2D eigenvalue weighted by atomic mass is 9.86. The van der Waals surface area contributed by atoms with E-state index in [1.807, 2.05) is 25.1 Å². The zero-order valence-corrected chi connectivity index (χ0v) is 18.7. The number of rotatable bonds is 6. The molecule has 160 valence electrons. The Morgan fingerprint density at radius 3 is 2.21 bits per heavy atom. The first-order valence-corrected chi connectivity index (χ1v) is 10.7. The minimum absolute atomic E-state index is 0.0550. The van der Waals surface area contributed by atoms with Gasteiger partial charge in [-0.3, -0.25) is 4.79 Å². The lowest BCUT2D eigenvalue weighted by Crippen LogP contribution is -2.09. The van der Waals surface area contributed by atoms with Gasteiger partial charge < -0.3 is 15.3 Å². The SMILES string of the molecule is CC(=O)CCc1ccc(C)cc1N.CCC.COC(=O)CCC1CCCCC1. The highest BCUT2D eigenvalue weighted by molar-refractivity contribution is 5.76. The summed E-state index contributed by atoms with van der Waals surface area (Å²) in [7, 11) is 1.46. The van der Waals surface area contributed by atoms with Crippen LogP contribution in [0.15, 0.2) is 18.2 Å². The number of nitrogen functional groups attached to an aromatic ring is 1. The molecule has 1 aromatic carbocycles. The number of hydrogen-bond donors (Lipinski definition) is 1. The van der Waals surface area contributed by atoms with E-state index in [2.05, 4.69) is 18.6 Å². The molecule has 0 atom stereocenters. The van der Waals surface area contributed by atoms with Crippen molar-refractivity contribution in [3.8, 4) is 0 Å². The van der Waals surface area contributed by atoms with Gasteiger partial charge in [-0.1, -0.05) is 64.5 Å². The Kier molecular flexibility index (Phi) is 15.1. The highest BCUT2D eigenvalue weighted by atomic mass is 16.5. The van der Waals surface area contributed by atoms with Crippen LogP contribution in [0.2, 0.25) is 0 Å². The third-order valence-corrected chi connectivity index (χ3v) is 4.76. The van der Waals surface area contributed by atoms with Gasteiger partial charge in [0, 0.05) is 18.5 Å². The molecule has 0 amide bonds. The maximum absolute atomic E-state index is 10.8. The number of anilines is 1. The zero-order chi connectivity index (χ0) is 21.4. The molecular formula is C24H41NO3. The summed E-state index contributed by atoms with van der Waals surface area (Å²) in [5.41, 5.74) is 8.82. The molecule has 0 bridgehead atoms.